The third kappa shape index (κ3) is 28.1. The molecule has 0 aromatic rings. The van der Waals surface area contributed by atoms with Gasteiger partial charge in [-0.1, -0.05) is 206 Å². The number of rotatable bonds is 39. The van der Waals surface area contributed by atoms with Crippen LogP contribution in [0.15, 0.2) is 12.2 Å². The van der Waals surface area contributed by atoms with E-state index in [-0.39, 0.29) is 12.5 Å². The Labute approximate surface area is 337 Å². The van der Waals surface area contributed by atoms with E-state index in [0.29, 0.717) is 6.42 Å². The molecule has 7 atom stereocenters. The van der Waals surface area contributed by atoms with Gasteiger partial charge < -0.3 is 40.3 Å². The topological polar surface area (TPSA) is 149 Å². The van der Waals surface area contributed by atoms with Crippen molar-refractivity contribution >= 4 is 5.91 Å². The molecule has 1 amide bonds. The van der Waals surface area contributed by atoms with Gasteiger partial charge in [0.1, 0.15) is 24.4 Å². The van der Waals surface area contributed by atoms with Gasteiger partial charge in [0.05, 0.1) is 25.4 Å². The van der Waals surface area contributed by atoms with Crippen molar-refractivity contribution in [1.29, 1.82) is 0 Å². The Balaban J connectivity index is 2.34. The summed E-state index contributed by atoms with van der Waals surface area (Å²) in [7, 11) is 0. The van der Waals surface area contributed by atoms with E-state index in [1.807, 2.05) is 6.08 Å². The first-order valence-electron chi connectivity index (χ1n) is 23.4. The smallest absolute Gasteiger partial charge is 0.220 e. The second-order valence-corrected chi connectivity index (χ2v) is 16.6. The molecular formula is C46H89NO8. The van der Waals surface area contributed by atoms with E-state index in [4.69, 9.17) is 9.47 Å². The van der Waals surface area contributed by atoms with Crippen LogP contribution >= 0.6 is 0 Å². The van der Waals surface area contributed by atoms with E-state index in [0.717, 1.165) is 38.5 Å². The van der Waals surface area contributed by atoms with Crippen molar-refractivity contribution in [3.63, 3.8) is 0 Å². The Morgan fingerprint density at radius 1 is 0.600 bits per heavy atom. The van der Waals surface area contributed by atoms with E-state index in [1.54, 1.807) is 6.08 Å². The van der Waals surface area contributed by atoms with Crippen LogP contribution in [0.1, 0.15) is 219 Å². The number of hydrogen-bond donors (Lipinski definition) is 6. The summed E-state index contributed by atoms with van der Waals surface area (Å²) in [6, 6.07) is -0.798. The summed E-state index contributed by atoms with van der Waals surface area (Å²) in [5, 5.41) is 54.2. The Hall–Kier alpha value is -1.07. The number of allylic oxidation sites excluding steroid dienone is 1. The molecule has 326 valence electrons. The monoisotopic (exact) mass is 784 g/mol. The molecule has 1 aliphatic rings. The SMILES string of the molecule is CCCCCCCCCCCCCCCCCC/C=C/C(O)C(COC1OC(CO)C(O)C(O)C1O)NC(=O)CCCCCCCCCCCCCCCC. The summed E-state index contributed by atoms with van der Waals surface area (Å²) in [5.41, 5.74) is 0. The third-order valence-corrected chi connectivity index (χ3v) is 11.4. The maximum atomic E-state index is 12.9. The molecule has 9 heteroatoms. The van der Waals surface area contributed by atoms with E-state index >= 15 is 0 Å². The highest BCUT2D eigenvalue weighted by atomic mass is 16.7. The van der Waals surface area contributed by atoms with Crippen molar-refractivity contribution in [1.82, 2.24) is 5.32 Å². The lowest BCUT2D eigenvalue weighted by Crippen LogP contribution is -2.60. The minimum atomic E-state index is -1.56. The summed E-state index contributed by atoms with van der Waals surface area (Å²) in [4.78, 5) is 12.9. The fraction of sp³-hybridized carbons (Fsp3) is 0.935. The highest BCUT2D eigenvalue weighted by Crippen LogP contribution is 2.23. The van der Waals surface area contributed by atoms with Gasteiger partial charge in [0.15, 0.2) is 6.29 Å². The van der Waals surface area contributed by atoms with Crippen LogP contribution in [-0.4, -0.2) is 87.5 Å². The molecule has 1 heterocycles. The average molecular weight is 784 g/mol. The quantitative estimate of drug-likeness (QED) is 0.0267. The summed E-state index contributed by atoms with van der Waals surface area (Å²) in [6.07, 6.45) is 35.3. The first kappa shape index (κ1) is 51.9. The fourth-order valence-corrected chi connectivity index (χ4v) is 7.57. The van der Waals surface area contributed by atoms with E-state index in [2.05, 4.69) is 19.2 Å². The lowest BCUT2D eigenvalue weighted by molar-refractivity contribution is -0.302. The largest absolute Gasteiger partial charge is 0.394 e. The average Bonchev–Trinajstić information content (AvgIpc) is 3.18. The molecule has 1 saturated heterocycles. The van der Waals surface area contributed by atoms with Gasteiger partial charge >= 0.3 is 0 Å². The highest BCUT2D eigenvalue weighted by Gasteiger charge is 2.44. The number of aliphatic hydroxyl groups is 5. The van der Waals surface area contributed by atoms with Crippen LogP contribution in [0.2, 0.25) is 0 Å². The molecule has 0 aromatic carbocycles. The Bertz CT molecular complexity index is 873. The molecular weight excluding hydrogens is 695 g/mol. The van der Waals surface area contributed by atoms with Crippen molar-refractivity contribution < 1.29 is 39.8 Å². The summed E-state index contributed by atoms with van der Waals surface area (Å²) < 4.78 is 11.2. The zero-order valence-electron chi connectivity index (χ0n) is 35.7. The molecule has 9 nitrogen and oxygen atoms in total. The van der Waals surface area contributed by atoms with E-state index < -0.39 is 49.5 Å². The predicted molar refractivity (Wildman–Crippen MR) is 226 cm³/mol. The van der Waals surface area contributed by atoms with Crippen LogP contribution in [-0.2, 0) is 14.3 Å². The fourth-order valence-electron chi connectivity index (χ4n) is 7.57. The minimum Gasteiger partial charge on any atom is -0.394 e. The predicted octanol–water partition coefficient (Wildman–Crippen LogP) is 9.73. The second kappa shape index (κ2) is 37.2. The van der Waals surface area contributed by atoms with Crippen LogP contribution < -0.4 is 5.32 Å². The van der Waals surface area contributed by atoms with Crippen molar-refractivity contribution in [2.24, 2.45) is 0 Å². The first-order valence-corrected chi connectivity index (χ1v) is 23.4. The van der Waals surface area contributed by atoms with Gasteiger partial charge in [-0.05, 0) is 19.3 Å². The van der Waals surface area contributed by atoms with E-state index in [1.165, 1.54) is 161 Å². The van der Waals surface area contributed by atoms with Crippen molar-refractivity contribution in [3.8, 4) is 0 Å². The lowest BCUT2D eigenvalue weighted by Gasteiger charge is -2.40. The molecule has 0 aromatic heterocycles. The van der Waals surface area contributed by atoms with Gasteiger partial charge in [0, 0.05) is 6.42 Å². The van der Waals surface area contributed by atoms with Crippen LogP contribution in [0.5, 0.6) is 0 Å². The number of amides is 1. The minimum absolute atomic E-state index is 0.174. The van der Waals surface area contributed by atoms with Gasteiger partial charge in [-0.3, -0.25) is 4.79 Å². The maximum absolute atomic E-state index is 12.9. The molecule has 6 N–H and O–H groups in total. The molecule has 55 heavy (non-hydrogen) atoms. The van der Waals surface area contributed by atoms with Crippen LogP contribution in [0, 0.1) is 0 Å². The molecule has 1 rings (SSSR count). The number of hydrogen-bond acceptors (Lipinski definition) is 8. The van der Waals surface area contributed by atoms with Crippen LogP contribution in [0.3, 0.4) is 0 Å². The van der Waals surface area contributed by atoms with Gasteiger partial charge in [-0.25, -0.2) is 0 Å². The van der Waals surface area contributed by atoms with Crippen LogP contribution in [0.25, 0.3) is 0 Å². The second-order valence-electron chi connectivity index (χ2n) is 16.6. The molecule has 0 saturated carbocycles. The molecule has 0 spiro atoms. The Morgan fingerprint density at radius 3 is 1.42 bits per heavy atom. The third-order valence-electron chi connectivity index (χ3n) is 11.4. The highest BCUT2D eigenvalue weighted by molar-refractivity contribution is 5.76. The number of aliphatic hydroxyl groups excluding tert-OH is 5. The number of carbonyl (C=O) groups excluding carboxylic acids is 1. The standard InChI is InChI=1S/C46H89NO8/c1-3-5-7-9-11-13-15-17-19-20-21-22-23-25-27-29-31-33-35-40(49)39(38-54-46-45(53)44(52)43(51)41(37-48)55-46)47-42(50)36-34-32-30-28-26-24-18-16-14-12-10-8-6-4-2/h33,35,39-41,43-46,48-49,51-53H,3-32,34,36-38H2,1-2H3,(H,47,50)/b35-33+. The summed E-state index contributed by atoms with van der Waals surface area (Å²) in [6.45, 7) is 3.78. The zero-order chi connectivity index (χ0) is 40.2. The zero-order valence-corrected chi connectivity index (χ0v) is 35.7. The Morgan fingerprint density at radius 2 is 1.00 bits per heavy atom. The summed E-state index contributed by atoms with van der Waals surface area (Å²) >= 11 is 0. The normalized spacial score (nSPS) is 21.3. The van der Waals surface area contributed by atoms with Crippen molar-refractivity contribution in [3.05, 3.63) is 12.2 Å². The molecule has 0 bridgehead atoms. The molecule has 0 aliphatic carbocycles. The maximum Gasteiger partial charge on any atom is 0.220 e. The molecule has 7 unspecified atom stereocenters. The first-order chi connectivity index (χ1) is 26.8. The molecule has 1 fully saturated rings. The van der Waals surface area contributed by atoms with Crippen LogP contribution in [0.4, 0.5) is 0 Å². The van der Waals surface area contributed by atoms with E-state index in [9.17, 15) is 30.3 Å². The van der Waals surface area contributed by atoms with Crippen molar-refractivity contribution in [2.45, 2.75) is 262 Å². The van der Waals surface area contributed by atoms with Crippen molar-refractivity contribution in [2.75, 3.05) is 13.2 Å². The number of ether oxygens (including phenoxy) is 2. The number of nitrogens with one attached hydrogen (secondary N) is 1. The van der Waals surface area contributed by atoms with Gasteiger partial charge in [0.25, 0.3) is 0 Å². The van der Waals surface area contributed by atoms with Gasteiger partial charge in [-0.2, -0.15) is 0 Å². The van der Waals surface area contributed by atoms with Gasteiger partial charge in [-0.15, -0.1) is 0 Å². The molecule has 1 aliphatic heterocycles. The number of unbranched alkanes of at least 4 members (excludes halogenated alkanes) is 29. The number of carbonyl (C=O) groups is 1. The summed E-state index contributed by atoms with van der Waals surface area (Å²) in [5.74, 6) is -0.174. The molecule has 0 radical (unpaired) electrons. The lowest BCUT2D eigenvalue weighted by atomic mass is 9.99. The Kier molecular flexibility index (Phi) is 35.2. The van der Waals surface area contributed by atoms with Gasteiger partial charge in [0.2, 0.25) is 5.91 Å².